The molecule has 0 atom stereocenters. The fourth-order valence-electron chi connectivity index (χ4n) is 4.42. The van der Waals surface area contributed by atoms with E-state index < -0.39 is 0 Å². The first-order valence-electron chi connectivity index (χ1n) is 12.3. The molecule has 0 saturated carbocycles. The van der Waals surface area contributed by atoms with Crippen molar-refractivity contribution < 1.29 is 14.3 Å². The van der Waals surface area contributed by atoms with Crippen molar-refractivity contribution in [3.63, 3.8) is 0 Å². The number of nitrogens with zero attached hydrogens (tertiary/aromatic N) is 1. The van der Waals surface area contributed by atoms with Gasteiger partial charge in [0.25, 0.3) is 5.91 Å². The van der Waals surface area contributed by atoms with Gasteiger partial charge in [-0.2, -0.15) is 0 Å². The smallest absolute Gasteiger partial charge is 0.259 e. The van der Waals surface area contributed by atoms with E-state index in [1.165, 1.54) is 4.88 Å². The summed E-state index contributed by atoms with van der Waals surface area (Å²) in [6.45, 7) is 0.359. The third-order valence-electron chi connectivity index (χ3n) is 6.29. The van der Waals surface area contributed by atoms with Crippen LogP contribution in [0.5, 0.6) is 11.5 Å². The first-order valence-corrected chi connectivity index (χ1v) is 14.3. The maximum Gasteiger partial charge on any atom is 0.259 e. The fraction of sp³-hybridized carbons (Fsp3) is 0.200. The van der Waals surface area contributed by atoms with Crippen molar-refractivity contribution in [1.82, 2.24) is 0 Å². The molecule has 38 heavy (non-hydrogen) atoms. The summed E-state index contributed by atoms with van der Waals surface area (Å²) >= 11 is 11.6. The Labute approximate surface area is 239 Å². The van der Waals surface area contributed by atoms with Crippen LogP contribution in [0.4, 0.5) is 10.7 Å². The standard InChI is InChI=1S/C30H26BrClN2O3S/c1-36-25-16-20(15-24(32)28(25)37-18-19-11-13-21(31)14-12-19)17-33-30-27(23-9-5-6-10-26(23)38-30)29(35)34-22-7-3-2-4-8-22/h2-4,7-8,11-17H,5-6,9-10,18H2,1H3,(H,34,35)/b33-17-. The first-order chi connectivity index (χ1) is 18.5. The molecule has 0 spiro atoms. The van der Waals surface area contributed by atoms with Gasteiger partial charge in [0.2, 0.25) is 0 Å². The molecule has 194 valence electrons. The summed E-state index contributed by atoms with van der Waals surface area (Å²) < 4.78 is 12.6. The van der Waals surface area contributed by atoms with E-state index >= 15 is 0 Å². The van der Waals surface area contributed by atoms with Crippen LogP contribution in [0.1, 0.15) is 44.8 Å². The molecule has 0 fully saturated rings. The molecule has 0 aliphatic heterocycles. The largest absolute Gasteiger partial charge is 0.493 e. The van der Waals surface area contributed by atoms with Crippen molar-refractivity contribution in [1.29, 1.82) is 0 Å². The van der Waals surface area contributed by atoms with Crippen LogP contribution in [0.25, 0.3) is 0 Å². The number of hydrogen-bond acceptors (Lipinski definition) is 5. The molecule has 0 saturated heterocycles. The van der Waals surface area contributed by atoms with Gasteiger partial charge in [0, 0.05) is 21.3 Å². The van der Waals surface area contributed by atoms with Crippen molar-refractivity contribution in [2.75, 3.05) is 12.4 Å². The molecule has 1 heterocycles. The number of methoxy groups -OCH3 is 1. The highest BCUT2D eigenvalue weighted by atomic mass is 79.9. The number of carbonyl (C=O) groups excluding carboxylic acids is 1. The molecule has 1 aliphatic carbocycles. The highest BCUT2D eigenvalue weighted by Crippen LogP contribution is 2.41. The lowest BCUT2D eigenvalue weighted by molar-refractivity contribution is 0.102. The fourth-order valence-corrected chi connectivity index (χ4v) is 6.18. The third-order valence-corrected chi connectivity index (χ3v) is 8.30. The number of nitrogens with one attached hydrogen (secondary N) is 1. The lowest BCUT2D eigenvalue weighted by atomic mass is 9.95. The van der Waals surface area contributed by atoms with Crippen LogP contribution in [0.15, 0.2) is 76.2 Å². The van der Waals surface area contributed by atoms with Gasteiger partial charge in [-0.3, -0.25) is 4.79 Å². The second-order valence-corrected chi connectivity index (χ2v) is 11.3. The molecule has 0 bridgehead atoms. The number of para-hydroxylation sites is 1. The Morgan fingerprint density at radius 2 is 1.87 bits per heavy atom. The number of fused-ring (bicyclic) bond motifs is 1. The minimum absolute atomic E-state index is 0.130. The van der Waals surface area contributed by atoms with Crippen LogP contribution in [0.3, 0.4) is 0 Å². The zero-order valence-corrected chi connectivity index (χ0v) is 24.0. The van der Waals surface area contributed by atoms with Crippen LogP contribution in [0.2, 0.25) is 5.02 Å². The summed E-state index contributed by atoms with van der Waals surface area (Å²) in [7, 11) is 1.58. The number of halogens is 2. The second kappa shape index (κ2) is 12.2. The summed E-state index contributed by atoms with van der Waals surface area (Å²) in [4.78, 5) is 19.4. The van der Waals surface area contributed by atoms with Crippen molar-refractivity contribution in [3.05, 3.63) is 103 Å². The van der Waals surface area contributed by atoms with Gasteiger partial charge in [0.05, 0.1) is 17.7 Å². The molecule has 4 aromatic rings. The Morgan fingerprint density at radius 1 is 1.11 bits per heavy atom. The van der Waals surface area contributed by atoms with E-state index in [0.717, 1.165) is 52.5 Å². The summed E-state index contributed by atoms with van der Waals surface area (Å²) in [5.74, 6) is 0.863. The number of carbonyl (C=O) groups is 1. The molecule has 1 amide bonds. The summed E-state index contributed by atoms with van der Waals surface area (Å²) in [5.41, 5.74) is 4.31. The Hall–Kier alpha value is -3.13. The first kappa shape index (κ1) is 26.5. The summed E-state index contributed by atoms with van der Waals surface area (Å²) in [5, 5.41) is 4.16. The minimum Gasteiger partial charge on any atom is -0.493 e. The molecule has 1 aliphatic rings. The number of aryl methyl sites for hydroxylation is 1. The molecule has 1 aromatic heterocycles. The predicted molar refractivity (Wildman–Crippen MR) is 159 cm³/mol. The van der Waals surface area contributed by atoms with Crippen molar-refractivity contribution in [2.24, 2.45) is 4.99 Å². The van der Waals surface area contributed by atoms with Gasteiger partial charge in [-0.05, 0) is 78.8 Å². The average molecular weight is 610 g/mol. The number of amides is 1. The SMILES string of the molecule is COc1cc(/C=N\c2sc3c(c2C(=O)Nc2ccccc2)CCCC3)cc(Cl)c1OCc1ccc(Br)cc1. The van der Waals surface area contributed by atoms with E-state index in [9.17, 15) is 4.79 Å². The van der Waals surface area contributed by atoms with E-state index in [4.69, 9.17) is 26.1 Å². The number of thiophene rings is 1. The Kier molecular flexibility index (Phi) is 8.47. The van der Waals surface area contributed by atoms with Gasteiger partial charge in [0.15, 0.2) is 11.5 Å². The quantitative estimate of drug-likeness (QED) is 0.203. The summed E-state index contributed by atoms with van der Waals surface area (Å²) in [6.07, 6.45) is 5.80. The molecule has 8 heteroatoms. The predicted octanol–water partition coefficient (Wildman–Crippen LogP) is 8.63. The van der Waals surface area contributed by atoms with Crippen LogP contribution in [0, 0.1) is 0 Å². The van der Waals surface area contributed by atoms with E-state index in [1.807, 2.05) is 60.7 Å². The molecule has 1 N–H and O–H groups in total. The number of aliphatic imine (C=N–C) groups is 1. The topological polar surface area (TPSA) is 59.9 Å². The molecular weight excluding hydrogens is 584 g/mol. The molecular formula is C30H26BrClN2O3S. The zero-order chi connectivity index (χ0) is 26.5. The lowest BCUT2D eigenvalue weighted by Gasteiger charge is -2.13. The lowest BCUT2D eigenvalue weighted by Crippen LogP contribution is -2.14. The maximum atomic E-state index is 13.3. The number of ether oxygens (including phenoxy) is 2. The highest BCUT2D eigenvalue weighted by molar-refractivity contribution is 9.10. The Bertz CT molecular complexity index is 1470. The number of anilines is 1. The van der Waals surface area contributed by atoms with Gasteiger partial charge < -0.3 is 14.8 Å². The normalized spacial score (nSPS) is 12.8. The number of benzene rings is 3. The second-order valence-electron chi connectivity index (χ2n) is 8.92. The van der Waals surface area contributed by atoms with Gasteiger partial charge >= 0.3 is 0 Å². The molecule has 5 rings (SSSR count). The van der Waals surface area contributed by atoms with E-state index in [-0.39, 0.29) is 5.91 Å². The Balaban J connectivity index is 1.40. The van der Waals surface area contributed by atoms with Crippen molar-refractivity contribution in [3.8, 4) is 11.5 Å². The van der Waals surface area contributed by atoms with Gasteiger partial charge in [0.1, 0.15) is 11.6 Å². The van der Waals surface area contributed by atoms with E-state index in [2.05, 4.69) is 21.2 Å². The van der Waals surface area contributed by atoms with Gasteiger partial charge in [-0.15, -0.1) is 11.3 Å². The minimum atomic E-state index is -0.130. The summed E-state index contributed by atoms with van der Waals surface area (Å²) in [6, 6.07) is 21.0. The van der Waals surface area contributed by atoms with E-state index in [1.54, 1.807) is 30.7 Å². The van der Waals surface area contributed by atoms with Crippen molar-refractivity contribution >= 4 is 61.7 Å². The molecule has 0 unspecified atom stereocenters. The van der Waals surface area contributed by atoms with Crippen LogP contribution < -0.4 is 14.8 Å². The van der Waals surface area contributed by atoms with Crippen LogP contribution in [-0.2, 0) is 19.4 Å². The van der Waals surface area contributed by atoms with E-state index in [0.29, 0.717) is 33.7 Å². The zero-order valence-electron chi connectivity index (χ0n) is 20.8. The molecule has 3 aromatic carbocycles. The molecule has 0 radical (unpaired) electrons. The van der Waals surface area contributed by atoms with Crippen LogP contribution >= 0.6 is 38.9 Å². The Morgan fingerprint density at radius 3 is 2.63 bits per heavy atom. The molecule has 5 nitrogen and oxygen atoms in total. The highest BCUT2D eigenvalue weighted by Gasteiger charge is 2.25. The number of hydrogen-bond donors (Lipinski definition) is 1. The van der Waals surface area contributed by atoms with Gasteiger partial charge in [-0.25, -0.2) is 4.99 Å². The monoisotopic (exact) mass is 608 g/mol. The third kappa shape index (κ3) is 6.12. The van der Waals surface area contributed by atoms with Gasteiger partial charge in [-0.1, -0.05) is 57.9 Å². The maximum absolute atomic E-state index is 13.3. The number of rotatable bonds is 8. The van der Waals surface area contributed by atoms with Crippen molar-refractivity contribution in [2.45, 2.75) is 32.3 Å². The average Bonchev–Trinajstić information content (AvgIpc) is 3.31. The van der Waals surface area contributed by atoms with Crippen LogP contribution in [-0.4, -0.2) is 19.2 Å².